The first-order valence-corrected chi connectivity index (χ1v) is 7.63. The van der Waals surface area contributed by atoms with Gasteiger partial charge in [0.05, 0.1) is 6.04 Å². The molecule has 1 atom stereocenters. The van der Waals surface area contributed by atoms with E-state index in [-0.39, 0.29) is 11.9 Å². The summed E-state index contributed by atoms with van der Waals surface area (Å²) in [4.78, 5) is 2.63. The Morgan fingerprint density at radius 1 is 1.21 bits per heavy atom. The third-order valence-corrected chi connectivity index (χ3v) is 4.39. The smallest absolute Gasteiger partial charge is 0.123 e. The zero-order valence-electron chi connectivity index (χ0n) is 11.4. The molecule has 0 aliphatic rings. The van der Waals surface area contributed by atoms with Crippen LogP contribution in [0.3, 0.4) is 0 Å². The van der Waals surface area contributed by atoms with E-state index in [2.05, 4.69) is 31.3 Å². The van der Waals surface area contributed by atoms with Crippen LogP contribution in [0.4, 0.5) is 4.39 Å². The lowest BCUT2D eigenvalue weighted by atomic mass is 10.1. The van der Waals surface area contributed by atoms with Crippen molar-refractivity contribution in [2.45, 2.75) is 32.7 Å². The van der Waals surface area contributed by atoms with Crippen LogP contribution in [-0.2, 0) is 6.42 Å². The zero-order chi connectivity index (χ0) is 13.7. The molecule has 1 aromatic heterocycles. The monoisotopic (exact) mass is 277 g/mol. The molecule has 1 aromatic carbocycles. The number of nitrogens with one attached hydrogen (secondary N) is 1. The average Bonchev–Trinajstić information content (AvgIpc) is 2.88. The number of thiophene rings is 1. The van der Waals surface area contributed by atoms with Crippen molar-refractivity contribution in [1.29, 1.82) is 0 Å². The van der Waals surface area contributed by atoms with Crippen LogP contribution in [0.2, 0.25) is 0 Å². The van der Waals surface area contributed by atoms with Crippen molar-refractivity contribution >= 4 is 11.3 Å². The van der Waals surface area contributed by atoms with E-state index in [0.717, 1.165) is 24.9 Å². The van der Waals surface area contributed by atoms with E-state index in [1.54, 1.807) is 12.1 Å². The van der Waals surface area contributed by atoms with Crippen molar-refractivity contribution in [3.63, 3.8) is 0 Å². The van der Waals surface area contributed by atoms with Crippen molar-refractivity contribution in [3.8, 4) is 0 Å². The molecule has 1 unspecified atom stereocenters. The molecule has 0 bridgehead atoms. The second-order valence-electron chi connectivity index (χ2n) is 4.60. The molecule has 1 nitrogen and oxygen atoms in total. The summed E-state index contributed by atoms with van der Waals surface area (Å²) in [5.74, 6) is -0.173. The molecule has 102 valence electrons. The van der Waals surface area contributed by atoms with Gasteiger partial charge in [0.1, 0.15) is 5.82 Å². The molecule has 2 rings (SSSR count). The highest BCUT2D eigenvalue weighted by Crippen LogP contribution is 2.29. The van der Waals surface area contributed by atoms with Gasteiger partial charge < -0.3 is 5.32 Å². The predicted octanol–water partition coefficient (Wildman–Crippen LogP) is 4.54. The Bertz CT molecular complexity index is 521. The largest absolute Gasteiger partial charge is 0.306 e. The standard InChI is InChI=1S/C16H20FNS/c1-3-10-18-16(12-6-5-7-13(17)11-12)15-9-8-14(4-2)19-15/h5-9,11,16,18H,3-4,10H2,1-2H3. The van der Waals surface area contributed by atoms with Crippen molar-refractivity contribution in [2.24, 2.45) is 0 Å². The Kier molecular flexibility index (Phi) is 5.11. The molecule has 0 spiro atoms. The summed E-state index contributed by atoms with van der Waals surface area (Å²) in [6.45, 7) is 5.23. The summed E-state index contributed by atoms with van der Waals surface area (Å²) in [5, 5.41) is 3.51. The van der Waals surface area contributed by atoms with Crippen LogP contribution in [0.1, 0.15) is 41.6 Å². The van der Waals surface area contributed by atoms with Crippen LogP contribution >= 0.6 is 11.3 Å². The van der Waals surface area contributed by atoms with Gasteiger partial charge in [-0.05, 0) is 49.2 Å². The summed E-state index contributed by atoms with van der Waals surface area (Å²) < 4.78 is 13.4. The number of rotatable bonds is 6. The normalized spacial score (nSPS) is 12.6. The van der Waals surface area contributed by atoms with E-state index < -0.39 is 0 Å². The summed E-state index contributed by atoms with van der Waals surface area (Å²) >= 11 is 1.81. The molecular weight excluding hydrogens is 257 g/mol. The van der Waals surface area contributed by atoms with Crippen molar-refractivity contribution in [1.82, 2.24) is 5.32 Å². The van der Waals surface area contributed by atoms with Crippen LogP contribution in [0, 0.1) is 5.82 Å². The number of aryl methyl sites for hydroxylation is 1. The second-order valence-corrected chi connectivity index (χ2v) is 5.80. The number of hydrogen-bond donors (Lipinski definition) is 1. The molecule has 0 amide bonds. The zero-order valence-corrected chi connectivity index (χ0v) is 12.3. The molecule has 2 aromatic rings. The van der Waals surface area contributed by atoms with E-state index in [1.807, 2.05) is 17.4 Å². The Balaban J connectivity index is 2.29. The Hall–Kier alpha value is -1.19. The molecule has 1 N–H and O–H groups in total. The van der Waals surface area contributed by atoms with E-state index in [0.29, 0.717) is 0 Å². The molecule has 0 fully saturated rings. The fraction of sp³-hybridized carbons (Fsp3) is 0.375. The molecule has 0 saturated heterocycles. The minimum atomic E-state index is -0.173. The quantitative estimate of drug-likeness (QED) is 0.817. The lowest BCUT2D eigenvalue weighted by Gasteiger charge is -2.17. The van der Waals surface area contributed by atoms with Gasteiger partial charge in [-0.2, -0.15) is 0 Å². The van der Waals surface area contributed by atoms with Crippen LogP contribution < -0.4 is 5.32 Å². The third kappa shape index (κ3) is 3.64. The minimum Gasteiger partial charge on any atom is -0.306 e. The van der Waals surface area contributed by atoms with Crippen LogP contribution in [0.15, 0.2) is 36.4 Å². The Morgan fingerprint density at radius 2 is 2.05 bits per heavy atom. The van der Waals surface area contributed by atoms with Crippen molar-refractivity contribution < 1.29 is 4.39 Å². The molecule has 1 heterocycles. The van der Waals surface area contributed by atoms with Crippen LogP contribution in [0.25, 0.3) is 0 Å². The SMILES string of the molecule is CCCNC(c1cccc(F)c1)c1ccc(CC)s1. The van der Waals surface area contributed by atoms with Gasteiger partial charge in [0.2, 0.25) is 0 Å². The predicted molar refractivity (Wildman–Crippen MR) is 80.2 cm³/mol. The molecule has 3 heteroatoms. The lowest BCUT2D eigenvalue weighted by molar-refractivity contribution is 0.591. The number of halogens is 1. The fourth-order valence-corrected chi connectivity index (χ4v) is 3.15. The number of hydrogen-bond acceptors (Lipinski definition) is 2. The van der Waals surface area contributed by atoms with E-state index >= 15 is 0 Å². The molecule has 0 radical (unpaired) electrons. The summed E-state index contributed by atoms with van der Waals surface area (Å²) in [7, 11) is 0. The van der Waals surface area contributed by atoms with E-state index in [4.69, 9.17) is 0 Å². The van der Waals surface area contributed by atoms with Gasteiger partial charge in [-0.15, -0.1) is 11.3 Å². The highest BCUT2D eigenvalue weighted by molar-refractivity contribution is 7.12. The molecule has 0 saturated carbocycles. The first-order chi connectivity index (χ1) is 9.24. The number of benzene rings is 1. The maximum Gasteiger partial charge on any atom is 0.123 e. The van der Waals surface area contributed by atoms with Gasteiger partial charge in [-0.1, -0.05) is 26.0 Å². The first-order valence-electron chi connectivity index (χ1n) is 6.82. The Labute approximate surface area is 118 Å². The maximum absolute atomic E-state index is 13.4. The highest BCUT2D eigenvalue weighted by Gasteiger charge is 2.15. The fourth-order valence-electron chi connectivity index (χ4n) is 2.10. The van der Waals surface area contributed by atoms with Crippen molar-refractivity contribution in [3.05, 3.63) is 57.5 Å². The van der Waals surface area contributed by atoms with Crippen LogP contribution in [0.5, 0.6) is 0 Å². The van der Waals surface area contributed by atoms with Gasteiger partial charge in [0, 0.05) is 9.75 Å². The van der Waals surface area contributed by atoms with Gasteiger partial charge >= 0.3 is 0 Å². The lowest BCUT2D eigenvalue weighted by Crippen LogP contribution is -2.22. The second kappa shape index (κ2) is 6.83. The van der Waals surface area contributed by atoms with Gasteiger partial charge in [-0.25, -0.2) is 4.39 Å². The van der Waals surface area contributed by atoms with Crippen molar-refractivity contribution in [2.75, 3.05) is 6.54 Å². The van der Waals surface area contributed by atoms with Gasteiger partial charge in [-0.3, -0.25) is 0 Å². The molecule has 0 aliphatic carbocycles. The van der Waals surface area contributed by atoms with Gasteiger partial charge in [0.25, 0.3) is 0 Å². The average molecular weight is 277 g/mol. The van der Waals surface area contributed by atoms with Gasteiger partial charge in [0.15, 0.2) is 0 Å². The summed E-state index contributed by atoms with van der Waals surface area (Å²) in [6.07, 6.45) is 2.12. The topological polar surface area (TPSA) is 12.0 Å². The Morgan fingerprint density at radius 3 is 2.68 bits per heavy atom. The minimum absolute atomic E-state index is 0.0981. The van der Waals surface area contributed by atoms with E-state index in [9.17, 15) is 4.39 Å². The van der Waals surface area contributed by atoms with E-state index in [1.165, 1.54) is 15.8 Å². The molecular formula is C16H20FNS. The molecule has 0 aliphatic heterocycles. The molecule has 19 heavy (non-hydrogen) atoms. The summed E-state index contributed by atoms with van der Waals surface area (Å²) in [6, 6.07) is 11.3. The highest BCUT2D eigenvalue weighted by atomic mass is 32.1. The van der Waals surface area contributed by atoms with Crippen LogP contribution in [-0.4, -0.2) is 6.54 Å². The maximum atomic E-state index is 13.4. The summed E-state index contributed by atoms with van der Waals surface area (Å²) in [5.41, 5.74) is 0.998. The third-order valence-electron chi connectivity index (χ3n) is 3.10. The first kappa shape index (κ1) is 14.2.